The van der Waals surface area contributed by atoms with Crippen molar-refractivity contribution in [3.05, 3.63) is 120 Å². The van der Waals surface area contributed by atoms with Crippen LogP contribution in [0.15, 0.2) is 104 Å². The molecule has 108 valence electrons. The first kappa shape index (κ1) is 14.3. The van der Waals surface area contributed by atoms with Crippen LogP contribution in [0.5, 0.6) is 0 Å². The minimum atomic E-state index is 0.256. The van der Waals surface area contributed by atoms with Crippen LogP contribution in [0, 0.1) is 0 Å². The predicted octanol–water partition coefficient (Wildman–Crippen LogP) is 5.79. The lowest BCUT2D eigenvalue weighted by atomic mass is 9.77. The zero-order chi connectivity index (χ0) is 15.2. The summed E-state index contributed by atoms with van der Waals surface area (Å²) in [6, 6.07) is 32.0. The molecule has 0 fully saturated rings. The van der Waals surface area contributed by atoms with Gasteiger partial charge in [0.15, 0.2) is 0 Å². The van der Waals surface area contributed by atoms with Crippen molar-refractivity contribution in [3.8, 4) is 0 Å². The largest absolute Gasteiger partial charge is 0.102 e. The van der Waals surface area contributed by atoms with E-state index in [1.54, 1.807) is 0 Å². The van der Waals surface area contributed by atoms with Crippen molar-refractivity contribution < 1.29 is 0 Å². The predicted molar refractivity (Wildman–Crippen MR) is 94.1 cm³/mol. The van der Waals surface area contributed by atoms with Crippen molar-refractivity contribution >= 4 is 0 Å². The van der Waals surface area contributed by atoms with Crippen molar-refractivity contribution in [2.75, 3.05) is 0 Å². The zero-order valence-electron chi connectivity index (χ0n) is 12.6. The fourth-order valence-corrected chi connectivity index (χ4v) is 3.07. The van der Waals surface area contributed by atoms with Crippen LogP contribution < -0.4 is 0 Å². The summed E-state index contributed by atoms with van der Waals surface area (Å²) in [5, 5.41) is 0. The highest BCUT2D eigenvalue weighted by atomic mass is 14.3. The Morgan fingerprint density at radius 3 is 1.27 bits per heavy atom. The van der Waals surface area contributed by atoms with E-state index >= 15 is 0 Å². The van der Waals surface area contributed by atoms with Crippen molar-refractivity contribution in [2.24, 2.45) is 0 Å². The Morgan fingerprint density at radius 2 is 0.909 bits per heavy atom. The van der Waals surface area contributed by atoms with E-state index < -0.39 is 0 Å². The van der Waals surface area contributed by atoms with E-state index in [4.69, 9.17) is 0 Å². The quantitative estimate of drug-likeness (QED) is 0.520. The van der Waals surface area contributed by atoms with Crippen molar-refractivity contribution in [1.82, 2.24) is 0 Å². The molecule has 0 amide bonds. The van der Waals surface area contributed by atoms with Crippen LogP contribution in [0.25, 0.3) is 0 Å². The third-order valence-corrected chi connectivity index (χ3v) is 4.11. The molecule has 3 aromatic carbocycles. The van der Waals surface area contributed by atoms with Gasteiger partial charge in [0, 0.05) is 11.8 Å². The molecule has 0 saturated carbocycles. The molecule has 3 rings (SSSR count). The Balaban J connectivity index is 2.11. The molecule has 1 unspecified atom stereocenters. The minimum Gasteiger partial charge on any atom is -0.102 e. The van der Waals surface area contributed by atoms with E-state index in [1.165, 1.54) is 16.7 Å². The smallest absolute Gasteiger partial charge is 0.0193 e. The molecule has 0 heteroatoms. The summed E-state index contributed by atoms with van der Waals surface area (Å²) in [4.78, 5) is 0. The third-order valence-electron chi connectivity index (χ3n) is 4.11. The van der Waals surface area contributed by atoms with Gasteiger partial charge < -0.3 is 0 Å². The third kappa shape index (κ3) is 3.01. The molecular formula is C22H20. The molecule has 0 aliphatic rings. The van der Waals surface area contributed by atoms with Gasteiger partial charge in [0.25, 0.3) is 0 Å². The molecular weight excluding hydrogens is 264 g/mol. The van der Waals surface area contributed by atoms with E-state index in [0.29, 0.717) is 0 Å². The Hall–Kier alpha value is -2.60. The Kier molecular flexibility index (Phi) is 4.50. The van der Waals surface area contributed by atoms with Crippen LogP contribution in [0.1, 0.15) is 28.5 Å². The summed E-state index contributed by atoms with van der Waals surface area (Å²) in [6.07, 6.45) is 2.07. The second kappa shape index (κ2) is 6.91. The number of hydrogen-bond acceptors (Lipinski definition) is 0. The monoisotopic (exact) mass is 284 g/mol. The molecule has 0 aliphatic heterocycles. The first-order chi connectivity index (χ1) is 10.9. The number of hydrogen-bond donors (Lipinski definition) is 0. The highest BCUT2D eigenvalue weighted by Gasteiger charge is 2.23. The molecule has 22 heavy (non-hydrogen) atoms. The van der Waals surface area contributed by atoms with Crippen LogP contribution in [0.2, 0.25) is 0 Å². The SMILES string of the molecule is C=CC(c1ccccc1)C(c1ccccc1)c1ccccc1. The Morgan fingerprint density at radius 1 is 0.545 bits per heavy atom. The summed E-state index contributed by atoms with van der Waals surface area (Å²) in [6.45, 7) is 4.11. The molecule has 0 radical (unpaired) electrons. The summed E-state index contributed by atoms with van der Waals surface area (Å²) >= 11 is 0. The molecule has 3 aromatic rings. The van der Waals surface area contributed by atoms with Crippen molar-refractivity contribution in [3.63, 3.8) is 0 Å². The molecule has 0 N–H and O–H groups in total. The topological polar surface area (TPSA) is 0 Å². The standard InChI is InChI=1S/C22H20/c1-2-21(18-12-6-3-7-13-18)22(19-14-8-4-9-15-19)20-16-10-5-11-17-20/h2-17,21-22H,1H2. The van der Waals surface area contributed by atoms with Crippen molar-refractivity contribution in [2.45, 2.75) is 11.8 Å². The van der Waals surface area contributed by atoms with Gasteiger partial charge >= 0.3 is 0 Å². The molecule has 0 saturated heterocycles. The number of allylic oxidation sites excluding steroid dienone is 1. The van der Waals surface area contributed by atoms with E-state index in [1.807, 2.05) is 0 Å². The van der Waals surface area contributed by atoms with Crippen LogP contribution in [0.4, 0.5) is 0 Å². The molecule has 0 bridgehead atoms. The Labute approximate surface area is 132 Å². The van der Waals surface area contributed by atoms with E-state index in [0.717, 1.165) is 0 Å². The second-order valence-electron chi connectivity index (χ2n) is 5.47. The lowest BCUT2D eigenvalue weighted by molar-refractivity contribution is 0.716. The van der Waals surface area contributed by atoms with Crippen LogP contribution in [-0.2, 0) is 0 Å². The lowest BCUT2D eigenvalue weighted by Crippen LogP contribution is -2.11. The van der Waals surface area contributed by atoms with Gasteiger partial charge in [-0.2, -0.15) is 0 Å². The first-order valence-corrected chi connectivity index (χ1v) is 7.67. The highest BCUT2D eigenvalue weighted by molar-refractivity contribution is 5.40. The second-order valence-corrected chi connectivity index (χ2v) is 5.47. The van der Waals surface area contributed by atoms with Gasteiger partial charge in [0.05, 0.1) is 0 Å². The maximum Gasteiger partial charge on any atom is 0.0193 e. The average Bonchev–Trinajstić information content (AvgIpc) is 2.62. The maximum atomic E-state index is 4.11. The normalized spacial score (nSPS) is 12.0. The summed E-state index contributed by atoms with van der Waals surface area (Å²) in [7, 11) is 0. The van der Waals surface area contributed by atoms with E-state index in [-0.39, 0.29) is 11.8 Å². The fourth-order valence-electron chi connectivity index (χ4n) is 3.07. The molecule has 0 nitrogen and oxygen atoms in total. The van der Waals surface area contributed by atoms with Gasteiger partial charge in [-0.15, -0.1) is 6.58 Å². The van der Waals surface area contributed by atoms with Gasteiger partial charge in [-0.1, -0.05) is 97.1 Å². The molecule has 0 heterocycles. The van der Waals surface area contributed by atoms with E-state index in [9.17, 15) is 0 Å². The van der Waals surface area contributed by atoms with Crippen LogP contribution in [-0.4, -0.2) is 0 Å². The van der Waals surface area contributed by atoms with Gasteiger partial charge in [-0.05, 0) is 16.7 Å². The van der Waals surface area contributed by atoms with Gasteiger partial charge in [0.2, 0.25) is 0 Å². The van der Waals surface area contributed by atoms with Crippen molar-refractivity contribution in [1.29, 1.82) is 0 Å². The van der Waals surface area contributed by atoms with Crippen LogP contribution >= 0.6 is 0 Å². The first-order valence-electron chi connectivity index (χ1n) is 7.67. The maximum absolute atomic E-state index is 4.11. The van der Waals surface area contributed by atoms with Crippen LogP contribution in [0.3, 0.4) is 0 Å². The molecule has 1 atom stereocenters. The lowest BCUT2D eigenvalue weighted by Gasteiger charge is -2.26. The summed E-state index contributed by atoms with van der Waals surface area (Å²) in [5.74, 6) is 0.535. The number of rotatable bonds is 5. The summed E-state index contributed by atoms with van der Waals surface area (Å²) in [5.41, 5.74) is 3.94. The van der Waals surface area contributed by atoms with Gasteiger partial charge in [0.1, 0.15) is 0 Å². The molecule has 0 aliphatic carbocycles. The fraction of sp³-hybridized carbons (Fsp3) is 0.0909. The average molecular weight is 284 g/mol. The van der Waals surface area contributed by atoms with E-state index in [2.05, 4.69) is 104 Å². The molecule has 0 aromatic heterocycles. The Bertz CT molecular complexity index is 659. The highest BCUT2D eigenvalue weighted by Crippen LogP contribution is 2.38. The van der Waals surface area contributed by atoms with Gasteiger partial charge in [-0.25, -0.2) is 0 Å². The molecule has 0 spiro atoms. The zero-order valence-corrected chi connectivity index (χ0v) is 12.6. The minimum absolute atomic E-state index is 0.256. The number of benzene rings is 3. The van der Waals surface area contributed by atoms with Gasteiger partial charge in [-0.3, -0.25) is 0 Å². The summed E-state index contributed by atoms with van der Waals surface area (Å²) < 4.78 is 0.